The van der Waals surface area contributed by atoms with Crippen molar-refractivity contribution in [3.05, 3.63) is 120 Å². The molecule has 0 heteroatoms. The lowest BCUT2D eigenvalue weighted by molar-refractivity contribution is 0.542. The van der Waals surface area contributed by atoms with Crippen molar-refractivity contribution in [2.45, 2.75) is 32.6 Å². The van der Waals surface area contributed by atoms with Crippen LogP contribution in [0.1, 0.15) is 43.9 Å². The monoisotopic (exact) mass is 354 g/mol. The molecule has 0 atom stereocenters. The van der Waals surface area contributed by atoms with E-state index in [0.29, 0.717) is 0 Å². The van der Waals surface area contributed by atoms with Crippen molar-refractivity contribution in [3.63, 3.8) is 0 Å². The molecule has 0 aliphatic rings. The van der Waals surface area contributed by atoms with E-state index in [1.807, 2.05) is 37.3 Å². The maximum absolute atomic E-state index is 4.24. The van der Waals surface area contributed by atoms with Crippen LogP contribution in [0, 0.1) is 0 Å². The number of benzene rings is 3. The van der Waals surface area contributed by atoms with Crippen molar-refractivity contribution >= 4 is 11.6 Å². The second kappa shape index (κ2) is 10.3. The molecule has 3 rings (SSSR count). The van der Waals surface area contributed by atoms with Gasteiger partial charge in [0.15, 0.2) is 0 Å². The first-order chi connectivity index (χ1) is 13.0. The number of allylic oxidation sites excluding steroid dienone is 2. The lowest BCUT2D eigenvalue weighted by Crippen LogP contribution is -2.17. The van der Waals surface area contributed by atoms with Crippen molar-refractivity contribution in [1.82, 2.24) is 0 Å². The third-order valence-corrected chi connectivity index (χ3v) is 4.55. The largest absolute Gasteiger partial charge is 0.0952 e. The molecule has 3 aromatic carbocycles. The molecule has 0 unspecified atom stereocenters. The van der Waals surface area contributed by atoms with Gasteiger partial charge in [-0.15, -0.1) is 0 Å². The van der Waals surface area contributed by atoms with Gasteiger partial charge < -0.3 is 0 Å². The Hall–Kier alpha value is -2.86. The molecule has 0 aromatic heterocycles. The smallest absolute Gasteiger partial charge is 0.00632 e. The molecule has 0 amide bonds. The molecule has 138 valence electrons. The third-order valence-electron chi connectivity index (χ3n) is 4.55. The molecule has 0 spiro atoms. The summed E-state index contributed by atoms with van der Waals surface area (Å²) in [5.74, 6) is 0. The Morgan fingerprint density at radius 1 is 0.778 bits per heavy atom. The van der Waals surface area contributed by atoms with Gasteiger partial charge in [0, 0.05) is 0 Å². The summed E-state index contributed by atoms with van der Waals surface area (Å²) in [6.45, 7) is 10.8. The highest BCUT2D eigenvalue weighted by Crippen LogP contribution is 2.33. The van der Waals surface area contributed by atoms with Crippen molar-refractivity contribution in [2.24, 2.45) is 0 Å². The van der Waals surface area contributed by atoms with Gasteiger partial charge in [-0.25, -0.2) is 0 Å². The summed E-state index contributed by atoms with van der Waals surface area (Å²) in [6.07, 6.45) is 5.09. The van der Waals surface area contributed by atoms with Gasteiger partial charge in [0.25, 0.3) is 0 Å². The third kappa shape index (κ3) is 6.75. The van der Waals surface area contributed by atoms with Gasteiger partial charge in [0.2, 0.25) is 0 Å². The minimum Gasteiger partial charge on any atom is -0.0952 e. The first-order valence-electron chi connectivity index (χ1n) is 9.49. The highest BCUT2D eigenvalue weighted by molar-refractivity contribution is 5.64. The summed E-state index contributed by atoms with van der Waals surface area (Å²) < 4.78 is 0. The molecule has 3 aromatic rings. The van der Waals surface area contributed by atoms with Crippen LogP contribution in [0.15, 0.2) is 104 Å². The summed E-state index contributed by atoms with van der Waals surface area (Å²) in [4.78, 5) is 0. The lowest BCUT2D eigenvalue weighted by atomic mass is 9.78. The molecule has 0 N–H and O–H groups in total. The van der Waals surface area contributed by atoms with E-state index in [9.17, 15) is 0 Å². The average molecular weight is 355 g/mol. The summed E-state index contributed by atoms with van der Waals surface area (Å²) in [5.41, 5.74) is 5.18. The van der Waals surface area contributed by atoms with E-state index in [-0.39, 0.29) is 5.41 Å². The zero-order valence-corrected chi connectivity index (χ0v) is 16.7. The Labute approximate surface area is 164 Å². The van der Waals surface area contributed by atoms with Crippen LogP contribution in [0.4, 0.5) is 0 Å². The van der Waals surface area contributed by atoms with Crippen molar-refractivity contribution in [1.29, 1.82) is 0 Å². The zero-order chi connectivity index (χ0) is 19.5. The SMILES string of the molecule is C=C(CC(C)(C)c1ccccc1)c1ccccc1.CC=Cc1ccccc1. The Morgan fingerprint density at radius 2 is 1.26 bits per heavy atom. The van der Waals surface area contributed by atoms with Gasteiger partial charge in [-0.1, -0.05) is 124 Å². The molecule has 0 aliphatic heterocycles. The Balaban J connectivity index is 0.000000244. The Bertz CT molecular complexity index is 825. The highest BCUT2D eigenvalue weighted by Gasteiger charge is 2.21. The molecule has 0 heterocycles. The minimum absolute atomic E-state index is 0.119. The van der Waals surface area contributed by atoms with Crippen LogP contribution in [0.3, 0.4) is 0 Å². The van der Waals surface area contributed by atoms with E-state index < -0.39 is 0 Å². The predicted molar refractivity (Wildman–Crippen MR) is 121 cm³/mol. The molecule has 0 aliphatic carbocycles. The van der Waals surface area contributed by atoms with Crippen LogP contribution < -0.4 is 0 Å². The van der Waals surface area contributed by atoms with Crippen molar-refractivity contribution in [2.75, 3.05) is 0 Å². The summed E-state index contributed by atoms with van der Waals surface area (Å²) in [7, 11) is 0. The van der Waals surface area contributed by atoms with Gasteiger partial charge in [0.05, 0.1) is 0 Å². The highest BCUT2D eigenvalue weighted by atomic mass is 14.3. The van der Waals surface area contributed by atoms with Crippen molar-refractivity contribution in [3.8, 4) is 0 Å². The van der Waals surface area contributed by atoms with Gasteiger partial charge >= 0.3 is 0 Å². The van der Waals surface area contributed by atoms with Crippen LogP contribution in [-0.4, -0.2) is 0 Å². The molecule has 27 heavy (non-hydrogen) atoms. The summed E-state index contributed by atoms with van der Waals surface area (Å²) >= 11 is 0. The average Bonchev–Trinajstić information content (AvgIpc) is 2.71. The molecular weight excluding hydrogens is 324 g/mol. The molecule has 0 saturated heterocycles. The van der Waals surface area contributed by atoms with Gasteiger partial charge in [-0.2, -0.15) is 0 Å². The van der Waals surface area contributed by atoms with E-state index >= 15 is 0 Å². The molecular formula is C27H30. The van der Waals surface area contributed by atoms with E-state index in [2.05, 4.69) is 93.2 Å². The normalized spacial score (nSPS) is 10.9. The van der Waals surface area contributed by atoms with Crippen molar-refractivity contribution < 1.29 is 0 Å². The fourth-order valence-electron chi connectivity index (χ4n) is 3.06. The molecule has 0 saturated carbocycles. The predicted octanol–water partition coefficient (Wildman–Crippen LogP) is 7.79. The topological polar surface area (TPSA) is 0 Å². The minimum atomic E-state index is 0.119. The summed E-state index contributed by atoms with van der Waals surface area (Å²) in [5, 5.41) is 0. The zero-order valence-electron chi connectivity index (χ0n) is 16.7. The first kappa shape index (κ1) is 20.5. The van der Waals surface area contributed by atoms with Crippen LogP contribution in [0.25, 0.3) is 11.6 Å². The first-order valence-corrected chi connectivity index (χ1v) is 9.49. The number of hydrogen-bond donors (Lipinski definition) is 0. The van der Waals surface area contributed by atoms with E-state index in [1.54, 1.807) is 0 Å². The standard InChI is InChI=1S/C18H20.C9H10/c1-15(16-10-6-4-7-11-16)14-18(2,3)17-12-8-5-9-13-17;1-2-6-9-7-4-3-5-8-9/h4-13H,1,14H2,2-3H3;2-8H,1H3. The van der Waals surface area contributed by atoms with E-state index in [4.69, 9.17) is 0 Å². The fourth-order valence-corrected chi connectivity index (χ4v) is 3.06. The second-order valence-electron chi connectivity index (χ2n) is 7.31. The van der Waals surface area contributed by atoms with Crippen LogP contribution in [0.5, 0.6) is 0 Å². The number of hydrogen-bond acceptors (Lipinski definition) is 0. The van der Waals surface area contributed by atoms with Gasteiger partial charge in [0.1, 0.15) is 0 Å². The molecule has 0 bridgehead atoms. The summed E-state index contributed by atoms with van der Waals surface area (Å²) in [6, 6.07) is 31.3. The molecule has 0 radical (unpaired) electrons. The van der Waals surface area contributed by atoms with E-state index in [1.165, 1.54) is 22.3 Å². The molecule has 0 fully saturated rings. The maximum atomic E-state index is 4.24. The van der Waals surface area contributed by atoms with Crippen LogP contribution >= 0.6 is 0 Å². The van der Waals surface area contributed by atoms with Gasteiger partial charge in [-0.3, -0.25) is 0 Å². The quantitative estimate of drug-likeness (QED) is 0.438. The van der Waals surface area contributed by atoms with Crippen LogP contribution in [0.2, 0.25) is 0 Å². The Morgan fingerprint density at radius 3 is 1.78 bits per heavy atom. The van der Waals surface area contributed by atoms with Gasteiger partial charge in [-0.05, 0) is 41.0 Å². The maximum Gasteiger partial charge on any atom is -0.00632 e. The van der Waals surface area contributed by atoms with Crippen LogP contribution in [-0.2, 0) is 5.41 Å². The lowest BCUT2D eigenvalue weighted by Gasteiger charge is -2.26. The Kier molecular flexibility index (Phi) is 7.82. The number of rotatable bonds is 5. The second-order valence-corrected chi connectivity index (χ2v) is 7.31. The molecule has 0 nitrogen and oxygen atoms in total. The fraction of sp³-hybridized carbons (Fsp3) is 0.185. The van der Waals surface area contributed by atoms with E-state index in [0.717, 1.165) is 6.42 Å².